The van der Waals surface area contributed by atoms with Gasteiger partial charge in [0, 0.05) is 12.4 Å². The molecule has 1 unspecified atom stereocenters. The molecule has 0 saturated heterocycles. The molecule has 0 heterocycles. The van der Waals surface area contributed by atoms with Crippen molar-refractivity contribution in [1.29, 1.82) is 0 Å². The topological polar surface area (TPSA) is 40.1 Å². The van der Waals surface area contributed by atoms with Crippen molar-refractivity contribution in [1.82, 2.24) is 0 Å². The van der Waals surface area contributed by atoms with Gasteiger partial charge in [-0.05, 0) is 25.2 Å². The van der Waals surface area contributed by atoms with Crippen molar-refractivity contribution in [3.05, 3.63) is 0 Å². The van der Waals surface area contributed by atoms with Gasteiger partial charge in [0.2, 0.25) is 6.43 Å². The maximum atomic E-state index is 11.8. The van der Waals surface area contributed by atoms with Gasteiger partial charge in [-0.15, -0.1) is 0 Å². The van der Waals surface area contributed by atoms with E-state index in [1.165, 1.54) is 0 Å². The third kappa shape index (κ3) is 10.8. The van der Waals surface area contributed by atoms with Crippen LogP contribution in [0.25, 0.3) is 0 Å². The normalized spacial score (nSPS) is 12.2. The van der Waals surface area contributed by atoms with Crippen LogP contribution < -0.4 is 34.7 Å². The van der Waals surface area contributed by atoms with Crippen LogP contribution in [0.3, 0.4) is 0 Å². The number of carboxylic acids is 1. The number of hydrogen-bond donors (Lipinski definition) is 0. The van der Waals surface area contributed by atoms with E-state index < -0.39 is 18.3 Å². The third-order valence-corrected chi connectivity index (χ3v) is 2.45. The molecule has 0 fully saturated rings. The van der Waals surface area contributed by atoms with Crippen LogP contribution in [0.2, 0.25) is 0 Å². The van der Waals surface area contributed by atoms with Gasteiger partial charge < -0.3 is 9.90 Å². The van der Waals surface area contributed by atoms with E-state index in [2.05, 4.69) is 0 Å². The summed E-state index contributed by atoms with van der Waals surface area (Å²) in [6.45, 7) is 1.92. The number of halogens is 2. The molecule has 0 aromatic rings. The Labute approximate surface area is 118 Å². The maximum Gasteiger partial charge on any atom is 1.00 e. The van der Waals surface area contributed by atoms with Gasteiger partial charge >= 0.3 is 29.6 Å². The first-order valence-electron chi connectivity index (χ1n) is 5.57. The molecule has 0 aliphatic rings. The Hall–Kier alpha value is 0.330. The van der Waals surface area contributed by atoms with Crippen molar-refractivity contribution in [2.24, 2.45) is 5.92 Å². The van der Waals surface area contributed by atoms with Crippen molar-refractivity contribution < 1.29 is 48.2 Å². The van der Waals surface area contributed by atoms with Crippen LogP contribution in [0.4, 0.5) is 8.78 Å². The molecule has 90 valence electrons. The quantitative estimate of drug-likeness (QED) is 0.400. The van der Waals surface area contributed by atoms with Gasteiger partial charge in [-0.3, -0.25) is 0 Å². The van der Waals surface area contributed by atoms with E-state index >= 15 is 0 Å². The number of carboxylic acid groups (broad SMARTS) is 1. The number of alkyl halides is 2. The molecule has 0 bridgehead atoms. The smallest absolute Gasteiger partial charge is 0.550 e. The molecule has 0 aromatic carbocycles. The number of carbonyl (C=O) groups excluding carboxylic acids is 1. The van der Waals surface area contributed by atoms with Crippen LogP contribution >= 0.6 is 0 Å². The number of rotatable bonds is 9. The van der Waals surface area contributed by atoms with Crippen molar-refractivity contribution >= 4 is 5.97 Å². The van der Waals surface area contributed by atoms with E-state index in [-0.39, 0.29) is 36.0 Å². The summed E-state index contributed by atoms with van der Waals surface area (Å²) in [5.41, 5.74) is 0. The molecule has 0 aliphatic carbocycles. The Bertz CT molecular complexity index is 177. The molecule has 2 nitrogen and oxygen atoms in total. The van der Waals surface area contributed by atoms with E-state index in [4.69, 9.17) is 0 Å². The summed E-state index contributed by atoms with van der Waals surface area (Å²) < 4.78 is 23.5. The van der Waals surface area contributed by atoms with E-state index in [1.807, 2.05) is 6.92 Å². The zero-order valence-electron chi connectivity index (χ0n) is 10.2. The van der Waals surface area contributed by atoms with E-state index in [0.29, 0.717) is 32.1 Å². The molecule has 0 rings (SSSR count). The molecule has 0 aliphatic heterocycles. The fraction of sp³-hybridized carbons (Fsp3) is 0.909. The minimum atomic E-state index is -2.24. The van der Waals surface area contributed by atoms with Crippen LogP contribution in [0, 0.1) is 5.92 Å². The first-order chi connectivity index (χ1) is 7.07. The predicted octanol–water partition coefficient (Wildman–Crippen LogP) is -0.628. The summed E-state index contributed by atoms with van der Waals surface area (Å²) >= 11 is 0. The fourth-order valence-electron chi connectivity index (χ4n) is 1.59. The second-order valence-corrected chi connectivity index (χ2v) is 3.83. The number of carbonyl (C=O) groups is 1. The molecule has 1 atom stereocenters. The summed E-state index contributed by atoms with van der Waals surface area (Å²) in [7, 11) is 0. The van der Waals surface area contributed by atoms with Gasteiger partial charge in [-0.25, -0.2) is 8.78 Å². The van der Waals surface area contributed by atoms with E-state index in [9.17, 15) is 18.7 Å². The average Bonchev–Trinajstić information content (AvgIpc) is 2.15. The zero-order chi connectivity index (χ0) is 11.7. The second kappa shape index (κ2) is 11.8. The number of hydrogen-bond acceptors (Lipinski definition) is 2. The fourth-order valence-corrected chi connectivity index (χ4v) is 1.59. The third-order valence-electron chi connectivity index (χ3n) is 2.45. The molecule has 16 heavy (non-hydrogen) atoms. The van der Waals surface area contributed by atoms with Crippen LogP contribution in [0.5, 0.6) is 0 Å². The second-order valence-electron chi connectivity index (χ2n) is 3.83. The van der Waals surface area contributed by atoms with Crippen LogP contribution in [0.1, 0.15) is 51.9 Å². The first-order valence-corrected chi connectivity index (χ1v) is 5.57. The number of unbranched alkanes of at least 4 members (excludes halogenated alkanes) is 2. The Morgan fingerprint density at radius 2 is 1.69 bits per heavy atom. The van der Waals surface area contributed by atoms with Gasteiger partial charge in [0.25, 0.3) is 0 Å². The summed E-state index contributed by atoms with van der Waals surface area (Å²) in [4.78, 5) is 10.6. The van der Waals surface area contributed by atoms with Crippen molar-refractivity contribution in [3.63, 3.8) is 0 Å². The Morgan fingerprint density at radius 1 is 1.12 bits per heavy atom. The molecule has 0 aromatic heterocycles. The van der Waals surface area contributed by atoms with E-state index in [0.717, 1.165) is 6.42 Å². The Balaban J connectivity index is 0. The first kappa shape index (κ1) is 18.7. The standard InChI is InChI=1S/C11H20F2O2.Na/c1-2-6-9(11(14)15)7-4-3-5-8-10(12)13;/h9-10H,2-8H2,1H3,(H,14,15);/q;+1/p-1. The maximum absolute atomic E-state index is 11.8. The molecule has 0 spiro atoms. The Kier molecular flexibility index (Phi) is 13.8. The molecule has 0 saturated carbocycles. The van der Waals surface area contributed by atoms with Gasteiger partial charge in [0.05, 0.1) is 0 Å². The minimum absolute atomic E-state index is 0. The SMILES string of the molecule is CCCC(CCCCCC(F)F)C(=O)[O-].[Na+]. The predicted molar refractivity (Wildman–Crippen MR) is 52.5 cm³/mol. The van der Waals surface area contributed by atoms with Gasteiger partial charge in [0.1, 0.15) is 0 Å². The van der Waals surface area contributed by atoms with Crippen LogP contribution in [0.15, 0.2) is 0 Å². The summed E-state index contributed by atoms with van der Waals surface area (Å²) in [5, 5.41) is 10.6. The molecule has 0 N–H and O–H groups in total. The molecular weight excluding hydrogens is 225 g/mol. The number of aliphatic carboxylic acids is 1. The molecule has 0 amide bonds. The molecule has 5 heteroatoms. The monoisotopic (exact) mass is 244 g/mol. The molecular formula is C11H19F2NaO2. The van der Waals surface area contributed by atoms with Gasteiger partial charge in [-0.2, -0.15) is 0 Å². The summed E-state index contributed by atoms with van der Waals surface area (Å²) in [6.07, 6.45) is 1.53. The van der Waals surface area contributed by atoms with Crippen molar-refractivity contribution in [2.45, 2.75) is 58.3 Å². The van der Waals surface area contributed by atoms with Gasteiger partial charge in [-0.1, -0.05) is 26.2 Å². The van der Waals surface area contributed by atoms with Crippen molar-refractivity contribution in [2.75, 3.05) is 0 Å². The largest absolute Gasteiger partial charge is 1.00 e. The summed E-state index contributed by atoms with van der Waals surface area (Å²) in [5.74, 6) is -1.41. The van der Waals surface area contributed by atoms with Crippen LogP contribution in [-0.4, -0.2) is 12.4 Å². The zero-order valence-corrected chi connectivity index (χ0v) is 12.2. The van der Waals surface area contributed by atoms with Gasteiger partial charge in [0.15, 0.2) is 0 Å². The average molecular weight is 244 g/mol. The Morgan fingerprint density at radius 3 is 2.12 bits per heavy atom. The minimum Gasteiger partial charge on any atom is -0.550 e. The van der Waals surface area contributed by atoms with Crippen molar-refractivity contribution in [3.8, 4) is 0 Å². The van der Waals surface area contributed by atoms with Crippen LogP contribution in [-0.2, 0) is 4.79 Å². The van der Waals surface area contributed by atoms with E-state index in [1.54, 1.807) is 0 Å². The molecule has 0 radical (unpaired) electrons. The summed E-state index contributed by atoms with van der Waals surface area (Å²) in [6, 6.07) is 0.